The van der Waals surface area contributed by atoms with E-state index in [-0.39, 0.29) is 12.5 Å². The lowest BCUT2D eigenvalue weighted by molar-refractivity contribution is -0.120. The molecular weight excluding hydrogens is 348 g/mol. The molecule has 140 valence electrons. The second-order valence-corrected chi connectivity index (χ2v) is 6.57. The molecule has 4 nitrogen and oxygen atoms in total. The fourth-order valence-corrected chi connectivity index (χ4v) is 2.83. The quantitative estimate of drug-likeness (QED) is 0.607. The summed E-state index contributed by atoms with van der Waals surface area (Å²) in [7, 11) is 0. The molecule has 0 N–H and O–H groups in total. The van der Waals surface area contributed by atoms with Gasteiger partial charge in [0.1, 0.15) is 5.75 Å². The summed E-state index contributed by atoms with van der Waals surface area (Å²) in [5, 5.41) is 8.74. The molecule has 1 amide bonds. The Hall–Kier alpha value is -3.58. The van der Waals surface area contributed by atoms with Crippen molar-refractivity contribution in [3.63, 3.8) is 0 Å². The van der Waals surface area contributed by atoms with Crippen molar-refractivity contribution in [1.82, 2.24) is 0 Å². The number of carbonyl (C=O) groups excluding carboxylic acids is 1. The molecule has 0 aromatic heterocycles. The first-order chi connectivity index (χ1) is 13.7. The Labute approximate surface area is 165 Å². The molecule has 0 aliphatic carbocycles. The summed E-state index contributed by atoms with van der Waals surface area (Å²) >= 11 is 0. The topological polar surface area (TPSA) is 53.3 Å². The number of aryl methyl sites for hydroxylation is 1. The zero-order valence-corrected chi connectivity index (χ0v) is 15.8. The Balaban J connectivity index is 1.72. The van der Waals surface area contributed by atoms with Crippen molar-refractivity contribution >= 4 is 11.6 Å². The zero-order valence-electron chi connectivity index (χ0n) is 15.8. The van der Waals surface area contributed by atoms with Crippen LogP contribution in [-0.2, 0) is 17.8 Å². The van der Waals surface area contributed by atoms with E-state index < -0.39 is 0 Å². The van der Waals surface area contributed by atoms with Crippen LogP contribution in [0.15, 0.2) is 78.9 Å². The number of nitriles is 1. The lowest BCUT2D eigenvalue weighted by atomic mass is 10.1. The predicted octanol–water partition coefficient (Wildman–Crippen LogP) is 4.67. The van der Waals surface area contributed by atoms with E-state index in [0.717, 1.165) is 22.4 Å². The summed E-state index contributed by atoms with van der Waals surface area (Å²) < 4.78 is 5.69. The molecule has 0 atom stereocenters. The number of amides is 1. The first-order valence-electron chi connectivity index (χ1n) is 9.15. The first-order valence-corrected chi connectivity index (χ1v) is 9.15. The summed E-state index contributed by atoms with van der Waals surface area (Å²) in [5.74, 6) is 0.493. The van der Waals surface area contributed by atoms with Gasteiger partial charge in [-0.05, 0) is 42.3 Å². The highest BCUT2D eigenvalue weighted by Gasteiger charge is 2.17. The predicted molar refractivity (Wildman–Crippen MR) is 110 cm³/mol. The van der Waals surface area contributed by atoms with Crippen LogP contribution in [0.1, 0.15) is 16.7 Å². The Kier molecular flexibility index (Phi) is 6.43. The molecule has 0 fully saturated rings. The number of anilines is 1. The third kappa shape index (κ3) is 5.21. The third-order valence-electron chi connectivity index (χ3n) is 4.40. The molecule has 0 spiro atoms. The maximum Gasteiger partial charge on any atom is 0.265 e. The van der Waals surface area contributed by atoms with Crippen molar-refractivity contribution in [1.29, 1.82) is 5.26 Å². The normalized spacial score (nSPS) is 10.1. The lowest BCUT2D eigenvalue weighted by Gasteiger charge is -2.23. The van der Waals surface area contributed by atoms with E-state index in [9.17, 15) is 4.79 Å². The molecule has 0 heterocycles. The van der Waals surface area contributed by atoms with E-state index in [1.54, 1.807) is 17.0 Å². The SMILES string of the molecule is Cc1ccc(N(Cc2ccccc2)C(=O)COc2ccc(CC#N)cc2)cc1. The Morgan fingerprint density at radius 1 is 0.929 bits per heavy atom. The molecule has 0 radical (unpaired) electrons. The minimum absolute atomic E-state index is 0.0572. The number of rotatable bonds is 7. The van der Waals surface area contributed by atoms with Gasteiger partial charge in [-0.15, -0.1) is 0 Å². The number of hydrogen-bond acceptors (Lipinski definition) is 3. The monoisotopic (exact) mass is 370 g/mol. The maximum absolute atomic E-state index is 12.9. The number of ether oxygens (including phenoxy) is 1. The molecule has 0 bridgehead atoms. The van der Waals surface area contributed by atoms with Crippen molar-refractivity contribution in [2.24, 2.45) is 0 Å². The standard InChI is InChI=1S/C24H22N2O2/c1-19-7-11-22(12-8-19)26(17-21-5-3-2-4-6-21)24(27)18-28-23-13-9-20(10-14-23)15-16-25/h2-14H,15,17-18H2,1H3. The summed E-state index contributed by atoms with van der Waals surface area (Å²) in [5.41, 5.74) is 3.96. The van der Waals surface area contributed by atoms with Crippen LogP contribution in [0.4, 0.5) is 5.69 Å². The fourth-order valence-electron chi connectivity index (χ4n) is 2.83. The van der Waals surface area contributed by atoms with E-state index in [1.807, 2.05) is 73.7 Å². The van der Waals surface area contributed by atoms with Crippen molar-refractivity contribution < 1.29 is 9.53 Å². The molecule has 3 aromatic rings. The van der Waals surface area contributed by atoms with Crippen LogP contribution < -0.4 is 9.64 Å². The van der Waals surface area contributed by atoms with Crippen LogP contribution in [0, 0.1) is 18.3 Å². The van der Waals surface area contributed by atoms with Gasteiger partial charge in [0.2, 0.25) is 0 Å². The molecule has 28 heavy (non-hydrogen) atoms. The van der Waals surface area contributed by atoms with E-state index in [2.05, 4.69) is 6.07 Å². The van der Waals surface area contributed by atoms with Crippen LogP contribution >= 0.6 is 0 Å². The van der Waals surface area contributed by atoms with Gasteiger partial charge in [-0.3, -0.25) is 4.79 Å². The van der Waals surface area contributed by atoms with Gasteiger partial charge in [0.25, 0.3) is 5.91 Å². The highest BCUT2D eigenvalue weighted by molar-refractivity contribution is 5.94. The molecule has 4 heteroatoms. The van der Waals surface area contributed by atoms with Crippen LogP contribution in [-0.4, -0.2) is 12.5 Å². The van der Waals surface area contributed by atoms with Gasteiger partial charge in [-0.25, -0.2) is 0 Å². The van der Waals surface area contributed by atoms with E-state index in [1.165, 1.54) is 0 Å². The summed E-state index contributed by atoms with van der Waals surface area (Å²) in [6.07, 6.45) is 0.359. The number of carbonyl (C=O) groups is 1. The molecule has 0 saturated carbocycles. The second kappa shape index (κ2) is 9.38. The van der Waals surface area contributed by atoms with Crippen molar-refractivity contribution in [3.8, 4) is 11.8 Å². The van der Waals surface area contributed by atoms with E-state index in [0.29, 0.717) is 18.7 Å². The highest BCUT2D eigenvalue weighted by Crippen LogP contribution is 2.19. The van der Waals surface area contributed by atoms with Crippen LogP contribution in [0.5, 0.6) is 5.75 Å². The van der Waals surface area contributed by atoms with Gasteiger partial charge >= 0.3 is 0 Å². The summed E-state index contributed by atoms with van der Waals surface area (Å²) in [6.45, 7) is 2.44. The number of hydrogen-bond donors (Lipinski definition) is 0. The average molecular weight is 370 g/mol. The molecular formula is C24H22N2O2. The van der Waals surface area contributed by atoms with E-state index >= 15 is 0 Å². The summed E-state index contributed by atoms with van der Waals surface area (Å²) in [4.78, 5) is 14.7. The van der Waals surface area contributed by atoms with Crippen LogP contribution in [0.3, 0.4) is 0 Å². The second-order valence-electron chi connectivity index (χ2n) is 6.57. The van der Waals surface area contributed by atoms with Gasteiger partial charge in [-0.1, -0.05) is 60.2 Å². The molecule has 0 aliphatic rings. The highest BCUT2D eigenvalue weighted by atomic mass is 16.5. The number of benzene rings is 3. The molecule has 0 saturated heterocycles. The van der Waals surface area contributed by atoms with Gasteiger partial charge in [-0.2, -0.15) is 5.26 Å². The fraction of sp³-hybridized carbons (Fsp3) is 0.167. The molecule has 3 aromatic carbocycles. The van der Waals surface area contributed by atoms with Crippen LogP contribution in [0.25, 0.3) is 0 Å². The van der Waals surface area contributed by atoms with Gasteiger partial charge in [0.15, 0.2) is 6.61 Å². The van der Waals surface area contributed by atoms with Crippen molar-refractivity contribution in [3.05, 3.63) is 95.6 Å². The third-order valence-corrected chi connectivity index (χ3v) is 4.40. The largest absolute Gasteiger partial charge is 0.484 e. The van der Waals surface area contributed by atoms with Crippen molar-refractivity contribution in [2.45, 2.75) is 19.9 Å². The average Bonchev–Trinajstić information content (AvgIpc) is 2.73. The maximum atomic E-state index is 12.9. The smallest absolute Gasteiger partial charge is 0.265 e. The lowest BCUT2D eigenvalue weighted by Crippen LogP contribution is -2.34. The molecule has 0 unspecified atom stereocenters. The number of nitrogens with zero attached hydrogens (tertiary/aromatic N) is 2. The molecule has 0 aliphatic heterocycles. The minimum atomic E-state index is -0.117. The Bertz CT molecular complexity index is 943. The Morgan fingerprint density at radius 2 is 1.61 bits per heavy atom. The van der Waals surface area contributed by atoms with Crippen LogP contribution in [0.2, 0.25) is 0 Å². The van der Waals surface area contributed by atoms with Gasteiger partial charge in [0, 0.05) is 5.69 Å². The van der Waals surface area contributed by atoms with Gasteiger partial charge in [0.05, 0.1) is 19.0 Å². The summed E-state index contributed by atoms with van der Waals surface area (Å²) in [6, 6.07) is 27.1. The molecule has 3 rings (SSSR count). The zero-order chi connectivity index (χ0) is 19.8. The van der Waals surface area contributed by atoms with Crippen molar-refractivity contribution in [2.75, 3.05) is 11.5 Å². The minimum Gasteiger partial charge on any atom is -0.484 e. The van der Waals surface area contributed by atoms with E-state index in [4.69, 9.17) is 10.00 Å². The first kappa shape index (κ1) is 19.2. The van der Waals surface area contributed by atoms with Gasteiger partial charge < -0.3 is 9.64 Å². The Morgan fingerprint density at radius 3 is 2.25 bits per heavy atom.